The second kappa shape index (κ2) is 5.85. The van der Waals surface area contributed by atoms with Crippen molar-refractivity contribution >= 4 is 17.3 Å². The molecule has 6 heteroatoms. The number of halogens is 1. The first-order chi connectivity index (χ1) is 10.2. The maximum absolute atomic E-state index is 9.21. The Bertz CT molecular complexity index is 723. The quantitative estimate of drug-likeness (QED) is 0.719. The molecule has 0 aliphatic carbocycles. The molecule has 0 atom stereocenters. The average molecular weight is 302 g/mol. The topological polar surface area (TPSA) is 71.2 Å². The van der Waals surface area contributed by atoms with Crippen molar-refractivity contribution in [3.63, 3.8) is 0 Å². The summed E-state index contributed by atoms with van der Waals surface area (Å²) in [6.07, 6.45) is 0. The fourth-order valence-corrected chi connectivity index (χ4v) is 1.93. The monoisotopic (exact) mass is 301 g/mol. The average Bonchev–Trinajstić information content (AvgIpc) is 2.96. The first-order valence-electron chi connectivity index (χ1n) is 6.32. The summed E-state index contributed by atoms with van der Waals surface area (Å²) in [6.45, 7) is 0.408. The van der Waals surface area contributed by atoms with Crippen LogP contribution in [0.5, 0.6) is 5.75 Å². The van der Waals surface area contributed by atoms with Gasteiger partial charge in [-0.25, -0.2) is 0 Å². The molecule has 0 aliphatic rings. The normalized spacial score (nSPS) is 10.5. The lowest BCUT2D eigenvalue weighted by Crippen LogP contribution is -1.99. The van der Waals surface area contributed by atoms with Crippen LogP contribution in [0.1, 0.15) is 5.89 Å². The molecule has 0 unspecified atom stereocenters. The van der Waals surface area contributed by atoms with E-state index in [1.54, 1.807) is 36.4 Å². The van der Waals surface area contributed by atoms with Gasteiger partial charge in [0.15, 0.2) is 0 Å². The molecule has 106 valence electrons. The van der Waals surface area contributed by atoms with E-state index in [1.807, 2.05) is 12.1 Å². The lowest BCUT2D eigenvalue weighted by atomic mass is 10.2. The summed E-state index contributed by atoms with van der Waals surface area (Å²) in [6, 6.07) is 14.0. The fourth-order valence-electron chi connectivity index (χ4n) is 1.80. The minimum absolute atomic E-state index is 0.225. The van der Waals surface area contributed by atoms with Gasteiger partial charge in [-0.1, -0.05) is 16.8 Å². The summed E-state index contributed by atoms with van der Waals surface area (Å²) >= 11 is 5.84. The molecule has 3 rings (SSSR count). The van der Waals surface area contributed by atoms with Crippen LogP contribution in [0.2, 0.25) is 5.02 Å². The largest absolute Gasteiger partial charge is 0.508 e. The van der Waals surface area contributed by atoms with Gasteiger partial charge >= 0.3 is 0 Å². The summed E-state index contributed by atoms with van der Waals surface area (Å²) in [5, 5.41) is 16.9. The molecule has 21 heavy (non-hydrogen) atoms. The predicted octanol–water partition coefficient (Wildman–Crippen LogP) is 3.71. The molecule has 0 radical (unpaired) electrons. The van der Waals surface area contributed by atoms with E-state index in [4.69, 9.17) is 16.1 Å². The SMILES string of the molecule is Oc1ccc(NCc2nc(-c3ccc(Cl)cc3)no2)cc1. The van der Waals surface area contributed by atoms with Crippen molar-refractivity contribution in [2.75, 3.05) is 5.32 Å². The van der Waals surface area contributed by atoms with Crippen molar-refractivity contribution in [3.05, 3.63) is 59.4 Å². The van der Waals surface area contributed by atoms with Crippen molar-refractivity contribution in [2.45, 2.75) is 6.54 Å². The van der Waals surface area contributed by atoms with Crippen molar-refractivity contribution < 1.29 is 9.63 Å². The molecular weight excluding hydrogens is 290 g/mol. The molecule has 0 spiro atoms. The Morgan fingerprint density at radius 1 is 1.05 bits per heavy atom. The Kier molecular flexibility index (Phi) is 3.75. The highest BCUT2D eigenvalue weighted by atomic mass is 35.5. The molecule has 1 heterocycles. The second-order valence-electron chi connectivity index (χ2n) is 4.42. The van der Waals surface area contributed by atoms with Gasteiger partial charge in [0.25, 0.3) is 0 Å². The van der Waals surface area contributed by atoms with Gasteiger partial charge in [-0.15, -0.1) is 0 Å². The van der Waals surface area contributed by atoms with Gasteiger partial charge in [0.05, 0.1) is 6.54 Å². The summed E-state index contributed by atoms with van der Waals surface area (Å²) < 4.78 is 5.19. The van der Waals surface area contributed by atoms with Crippen LogP contribution in [0.4, 0.5) is 5.69 Å². The van der Waals surface area contributed by atoms with Crippen LogP contribution in [0.25, 0.3) is 11.4 Å². The number of phenolic OH excluding ortho intramolecular Hbond substituents is 1. The first kappa shape index (κ1) is 13.5. The van der Waals surface area contributed by atoms with E-state index in [2.05, 4.69) is 15.5 Å². The van der Waals surface area contributed by atoms with Gasteiger partial charge in [-0.05, 0) is 48.5 Å². The number of benzene rings is 2. The van der Waals surface area contributed by atoms with Crippen LogP contribution >= 0.6 is 11.6 Å². The van der Waals surface area contributed by atoms with Crippen molar-refractivity contribution in [1.82, 2.24) is 10.1 Å². The molecule has 0 saturated heterocycles. The van der Waals surface area contributed by atoms with Gasteiger partial charge in [-0.2, -0.15) is 4.98 Å². The van der Waals surface area contributed by atoms with Crippen molar-refractivity contribution in [1.29, 1.82) is 0 Å². The van der Waals surface area contributed by atoms with Crippen LogP contribution in [0, 0.1) is 0 Å². The van der Waals surface area contributed by atoms with Crippen LogP contribution < -0.4 is 5.32 Å². The Balaban J connectivity index is 1.67. The highest BCUT2D eigenvalue weighted by Crippen LogP contribution is 2.19. The van der Waals surface area contributed by atoms with Crippen LogP contribution in [0.3, 0.4) is 0 Å². The number of nitrogens with one attached hydrogen (secondary N) is 1. The number of aromatic nitrogens is 2. The highest BCUT2D eigenvalue weighted by molar-refractivity contribution is 6.30. The first-order valence-corrected chi connectivity index (χ1v) is 6.70. The summed E-state index contributed by atoms with van der Waals surface area (Å²) in [7, 11) is 0. The number of hydrogen-bond acceptors (Lipinski definition) is 5. The number of rotatable bonds is 4. The second-order valence-corrected chi connectivity index (χ2v) is 4.86. The molecule has 1 aromatic heterocycles. The zero-order chi connectivity index (χ0) is 14.7. The van der Waals surface area contributed by atoms with E-state index in [-0.39, 0.29) is 5.75 Å². The molecule has 3 aromatic rings. The lowest BCUT2D eigenvalue weighted by Gasteiger charge is -2.02. The van der Waals surface area contributed by atoms with Crippen molar-refractivity contribution in [2.24, 2.45) is 0 Å². The van der Waals surface area contributed by atoms with E-state index in [0.717, 1.165) is 11.3 Å². The smallest absolute Gasteiger partial charge is 0.246 e. The molecule has 0 amide bonds. The van der Waals surface area contributed by atoms with E-state index in [0.29, 0.717) is 23.3 Å². The third kappa shape index (κ3) is 3.32. The molecule has 2 N–H and O–H groups in total. The standard InChI is InChI=1S/C15H12ClN3O2/c16-11-3-1-10(2-4-11)15-18-14(21-19-15)9-17-12-5-7-13(20)8-6-12/h1-8,17,20H,9H2. The zero-order valence-corrected chi connectivity index (χ0v) is 11.7. The molecular formula is C15H12ClN3O2. The molecule has 5 nitrogen and oxygen atoms in total. The van der Waals surface area contributed by atoms with Crippen LogP contribution in [0.15, 0.2) is 53.1 Å². The van der Waals surface area contributed by atoms with E-state index < -0.39 is 0 Å². The van der Waals surface area contributed by atoms with E-state index in [9.17, 15) is 5.11 Å². The maximum Gasteiger partial charge on any atom is 0.246 e. The third-order valence-corrected chi connectivity index (χ3v) is 3.13. The Morgan fingerprint density at radius 3 is 2.48 bits per heavy atom. The molecule has 2 aromatic carbocycles. The van der Waals surface area contributed by atoms with Crippen LogP contribution in [-0.2, 0) is 6.54 Å². The Morgan fingerprint density at radius 2 is 1.76 bits per heavy atom. The van der Waals surface area contributed by atoms with Gasteiger partial charge in [0.1, 0.15) is 5.75 Å². The van der Waals surface area contributed by atoms with Crippen LogP contribution in [-0.4, -0.2) is 15.2 Å². The molecule has 0 bridgehead atoms. The van der Waals surface area contributed by atoms with Crippen molar-refractivity contribution in [3.8, 4) is 17.1 Å². The van der Waals surface area contributed by atoms with Gasteiger partial charge in [0, 0.05) is 16.3 Å². The number of anilines is 1. The third-order valence-electron chi connectivity index (χ3n) is 2.88. The van der Waals surface area contributed by atoms with Gasteiger partial charge < -0.3 is 14.9 Å². The number of hydrogen-bond donors (Lipinski definition) is 2. The minimum atomic E-state index is 0.225. The van der Waals surface area contributed by atoms with Gasteiger partial charge in [-0.3, -0.25) is 0 Å². The summed E-state index contributed by atoms with van der Waals surface area (Å²) in [5.74, 6) is 1.23. The Hall–Kier alpha value is -2.53. The molecule has 0 aliphatic heterocycles. The lowest BCUT2D eigenvalue weighted by molar-refractivity contribution is 0.384. The summed E-state index contributed by atoms with van der Waals surface area (Å²) in [4.78, 5) is 4.31. The molecule has 0 saturated carbocycles. The van der Waals surface area contributed by atoms with E-state index in [1.165, 1.54) is 0 Å². The zero-order valence-electron chi connectivity index (χ0n) is 11.0. The number of aromatic hydroxyl groups is 1. The number of nitrogens with zero attached hydrogens (tertiary/aromatic N) is 2. The summed E-state index contributed by atoms with van der Waals surface area (Å²) in [5.41, 5.74) is 1.71. The van der Waals surface area contributed by atoms with E-state index >= 15 is 0 Å². The van der Waals surface area contributed by atoms with Gasteiger partial charge in [0.2, 0.25) is 11.7 Å². The maximum atomic E-state index is 9.21. The fraction of sp³-hybridized carbons (Fsp3) is 0.0667. The Labute approximate surface area is 126 Å². The predicted molar refractivity (Wildman–Crippen MR) is 80.2 cm³/mol. The highest BCUT2D eigenvalue weighted by Gasteiger charge is 2.08. The molecule has 0 fully saturated rings. The minimum Gasteiger partial charge on any atom is -0.508 e. The number of phenols is 1.